The Hall–Kier alpha value is -1.56. The van der Waals surface area contributed by atoms with Gasteiger partial charge in [0.15, 0.2) is 5.96 Å². The molecule has 1 saturated heterocycles. The molecule has 1 aromatic rings. The summed E-state index contributed by atoms with van der Waals surface area (Å²) in [4.78, 5) is 6.69. The summed E-state index contributed by atoms with van der Waals surface area (Å²) in [6.45, 7) is 5.07. The molecular weight excluding hydrogens is 242 g/mol. The number of piperidine rings is 1. The molecule has 19 heavy (non-hydrogen) atoms. The number of hydrogen-bond donors (Lipinski definition) is 2. The smallest absolute Gasteiger partial charge is 0.191 e. The Kier molecular flexibility index (Phi) is 5.68. The van der Waals surface area contributed by atoms with E-state index in [4.69, 9.17) is 4.52 Å². The van der Waals surface area contributed by atoms with Crippen molar-refractivity contribution in [3.8, 4) is 0 Å². The van der Waals surface area contributed by atoms with E-state index >= 15 is 0 Å². The maximum absolute atomic E-state index is 4.78. The first-order chi connectivity index (χ1) is 9.38. The number of nitrogens with one attached hydrogen (secondary N) is 2. The molecule has 1 fully saturated rings. The largest absolute Gasteiger partial charge is 0.364 e. The topological polar surface area (TPSA) is 65.7 Å². The number of guanidine groups is 1. The normalized spacial score (nSPS) is 17.4. The Labute approximate surface area is 114 Å². The molecule has 1 aromatic heterocycles. The molecule has 1 aliphatic rings. The van der Waals surface area contributed by atoms with Gasteiger partial charge in [-0.15, -0.1) is 0 Å². The molecule has 106 valence electrons. The summed E-state index contributed by atoms with van der Waals surface area (Å²) in [6.07, 6.45) is 5.62. The van der Waals surface area contributed by atoms with E-state index in [1.807, 2.05) is 6.07 Å². The Bertz CT molecular complexity index is 370. The van der Waals surface area contributed by atoms with Crippen LogP contribution in [0.4, 0.5) is 0 Å². The van der Waals surface area contributed by atoms with Gasteiger partial charge >= 0.3 is 0 Å². The zero-order valence-corrected chi connectivity index (χ0v) is 11.6. The van der Waals surface area contributed by atoms with Crippen molar-refractivity contribution < 1.29 is 4.52 Å². The van der Waals surface area contributed by atoms with E-state index in [0.29, 0.717) is 6.54 Å². The third-order valence-electron chi connectivity index (χ3n) is 3.32. The number of hydrogen-bond acceptors (Lipinski definition) is 4. The zero-order valence-electron chi connectivity index (χ0n) is 11.6. The fourth-order valence-corrected chi connectivity index (χ4v) is 2.24. The molecule has 0 atom stereocenters. The average molecular weight is 265 g/mol. The van der Waals surface area contributed by atoms with Crippen molar-refractivity contribution in [2.24, 2.45) is 4.99 Å². The summed E-state index contributed by atoms with van der Waals surface area (Å²) in [6, 6.07) is 1.84. The van der Waals surface area contributed by atoms with Crippen LogP contribution in [0.1, 0.15) is 25.0 Å². The second-order valence-electron chi connectivity index (χ2n) is 4.75. The summed E-state index contributed by atoms with van der Waals surface area (Å²) >= 11 is 0. The van der Waals surface area contributed by atoms with Gasteiger partial charge in [-0.1, -0.05) is 11.6 Å². The molecule has 2 N–H and O–H groups in total. The number of rotatable bonds is 5. The minimum Gasteiger partial charge on any atom is -0.364 e. The van der Waals surface area contributed by atoms with Crippen molar-refractivity contribution in [2.75, 3.05) is 33.2 Å². The summed E-state index contributed by atoms with van der Waals surface area (Å²) in [7, 11) is 1.78. The van der Waals surface area contributed by atoms with E-state index in [0.717, 1.165) is 24.7 Å². The van der Waals surface area contributed by atoms with Crippen LogP contribution in [-0.2, 0) is 6.54 Å². The maximum Gasteiger partial charge on any atom is 0.191 e. The van der Waals surface area contributed by atoms with E-state index in [1.165, 1.54) is 32.4 Å². The Morgan fingerprint density at radius 3 is 2.89 bits per heavy atom. The highest BCUT2D eigenvalue weighted by Crippen LogP contribution is 2.07. The number of nitrogens with zero attached hydrogens (tertiary/aromatic N) is 3. The highest BCUT2D eigenvalue weighted by Gasteiger charge is 2.09. The summed E-state index contributed by atoms with van der Waals surface area (Å²) in [5.41, 5.74) is 0.874. The van der Waals surface area contributed by atoms with Crippen molar-refractivity contribution in [3.63, 3.8) is 0 Å². The lowest BCUT2D eigenvalue weighted by Gasteiger charge is -2.26. The van der Waals surface area contributed by atoms with Gasteiger partial charge in [-0.2, -0.15) is 0 Å². The molecule has 0 saturated carbocycles. The van der Waals surface area contributed by atoms with Gasteiger partial charge in [-0.05, 0) is 25.9 Å². The fourth-order valence-electron chi connectivity index (χ4n) is 2.24. The third kappa shape index (κ3) is 4.90. The van der Waals surface area contributed by atoms with Crippen LogP contribution in [0.25, 0.3) is 0 Å². The maximum atomic E-state index is 4.78. The van der Waals surface area contributed by atoms with E-state index < -0.39 is 0 Å². The lowest BCUT2D eigenvalue weighted by Crippen LogP contribution is -2.42. The Morgan fingerprint density at radius 2 is 2.21 bits per heavy atom. The first kappa shape index (κ1) is 13.9. The van der Waals surface area contributed by atoms with Gasteiger partial charge in [0.05, 0.1) is 6.54 Å². The molecule has 2 heterocycles. The van der Waals surface area contributed by atoms with Crippen LogP contribution < -0.4 is 10.6 Å². The quantitative estimate of drug-likeness (QED) is 0.609. The third-order valence-corrected chi connectivity index (χ3v) is 3.32. The molecule has 0 aliphatic carbocycles. The zero-order chi connectivity index (χ0) is 13.3. The molecule has 0 aromatic carbocycles. The highest BCUT2D eigenvalue weighted by molar-refractivity contribution is 5.79. The first-order valence-electron chi connectivity index (χ1n) is 6.94. The molecule has 6 heteroatoms. The molecule has 0 radical (unpaired) electrons. The number of likely N-dealkylation sites (tertiary alicyclic amines) is 1. The fraction of sp³-hybridized carbons (Fsp3) is 0.692. The number of aliphatic imine (C=N–C) groups is 1. The van der Waals surface area contributed by atoms with E-state index in [2.05, 4.69) is 25.7 Å². The van der Waals surface area contributed by atoms with Gasteiger partial charge in [-0.25, -0.2) is 0 Å². The highest BCUT2D eigenvalue weighted by atomic mass is 16.5. The van der Waals surface area contributed by atoms with Crippen molar-refractivity contribution in [1.29, 1.82) is 0 Å². The van der Waals surface area contributed by atoms with Gasteiger partial charge in [0.1, 0.15) is 12.0 Å². The Balaban J connectivity index is 1.62. The van der Waals surface area contributed by atoms with Crippen LogP contribution >= 0.6 is 0 Å². The van der Waals surface area contributed by atoms with Gasteiger partial charge in [0.2, 0.25) is 0 Å². The molecule has 1 aliphatic heterocycles. The average Bonchev–Trinajstić information content (AvgIpc) is 2.97. The first-order valence-corrected chi connectivity index (χ1v) is 6.94. The van der Waals surface area contributed by atoms with Crippen molar-refractivity contribution in [3.05, 3.63) is 18.0 Å². The molecule has 0 unspecified atom stereocenters. The molecule has 6 nitrogen and oxygen atoms in total. The Morgan fingerprint density at radius 1 is 1.37 bits per heavy atom. The van der Waals surface area contributed by atoms with Crippen molar-refractivity contribution in [1.82, 2.24) is 20.7 Å². The lowest BCUT2D eigenvalue weighted by atomic mass is 10.1. The predicted octanol–water partition coefficient (Wildman–Crippen LogP) is 0.825. The summed E-state index contributed by atoms with van der Waals surface area (Å²) < 4.78 is 4.78. The monoisotopic (exact) mass is 265 g/mol. The summed E-state index contributed by atoms with van der Waals surface area (Å²) in [5, 5.41) is 10.4. The van der Waals surface area contributed by atoms with Crippen LogP contribution in [0.2, 0.25) is 0 Å². The van der Waals surface area contributed by atoms with Gasteiger partial charge < -0.3 is 20.1 Å². The van der Waals surface area contributed by atoms with Gasteiger partial charge in [0.25, 0.3) is 0 Å². The lowest BCUT2D eigenvalue weighted by molar-refractivity contribution is 0.232. The SMILES string of the molecule is CN=C(NCCN1CCCCC1)NCc1ccon1. The van der Waals surface area contributed by atoms with Crippen molar-refractivity contribution in [2.45, 2.75) is 25.8 Å². The minimum atomic E-state index is 0.625. The molecule has 0 bridgehead atoms. The van der Waals surface area contributed by atoms with Crippen molar-refractivity contribution >= 4 is 5.96 Å². The molecule has 0 spiro atoms. The van der Waals surface area contributed by atoms with Gasteiger partial charge in [-0.3, -0.25) is 4.99 Å². The van der Waals surface area contributed by atoms with E-state index in [-0.39, 0.29) is 0 Å². The van der Waals surface area contributed by atoms with Crippen LogP contribution in [0, 0.1) is 0 Å². The van der Waals surface area contributed by atoms with Gasteiger partial charge in [0, 0.05) is 26.2 Å². The predicted molar refractivity (Wildman–Crippen MR) is 75.0 cm³/mol. The molecule has 2 rings (SSSR count). The minimum absolute atomic E-state index is 0.625. The number of aromatic nitrogens is 1. The molecular formula is C13H23N5O. The van der Waals surface area contributed by atoms with Crippen LogP contribution in [0.3, 0.4) is 0 Å². The van der Waals surface area contributed by atoms with Crippen LogP contribution in [-0.4, -0.2) is 49.2 Å². The van der Waals surface area contributed by atoms with E-state index in [9.17, 15) is 0 Å². The van der Waals surface area contributed by atoms with E-state index in [1.54, 1.807) is 13.3 Å². The van der Waals surface area contributed by atoms with Crippen LogP contribution in [0.15, 0.2) is 21.8 Å². The summed E-state index contributed by atoms with van der Waals surface area (Å²) in [5.74, 6) is 0.806. The second kappa shape index (κ2) is 7.78. The van der Waals surface area contributed by atoms with Crippen LogP contribution in [0.5, 0.6) is 0 Å². The standard InChI is InChI=1S/C13H23N5O/c1-14-13(16-11-12-5-10-19-17-12)15-6-9-18-7-3-2-4-8-18/h5,10H,2-4,6-9,11H2,1H3,(H2,14,15,16). The second-order valence-corrected chi connectivity index (χ2v) is 4.75. The molecule has 0 amide bonds.